The molecule has 0 aromatic heterocycles. The quantitative estimate of drug-likeness (QED) is 0.376. The van der Waals surface area contributed by atoms with E-state index in [0.29, 0.717) is 18.8 Å². The maximum atomic E-state index is 5.69. The van der Waals surface area contributed by atoms with Gasteiger partial charge in [0.15, 0.2) is 0 Å². The lowest BCUT2D eigenvalue weighted by Gasteiger charge is -2.24. The van der Waals surface area contributed by atoms with E-state index in [0.717, 1.165) is 5.69 Å². The monoisotopic (exact) mass is 214 g/mol. The summed E-state index contributed by atoms with van der Waals surface area (Å²) in [7, 11) is 0. The number of nitrogens with two attached hydrogens (primary N) is 1. The molecular formula is C12H14N4. The van der Waals surface area contributed by atoms with Gasteiger partial charge in [-0.1, -0.05) is 17.9 Å². The van der Waals surface area contributed by atoms with Gasteiger partial charge in [-0.15, -0.1) is 12.8 Å². The molecule has 0 unspecified atom stereocenters. The third-order valence-corrected chi connectivity index (χ3v) is 1.81. The number of terminal acetylenes is 2. The molecule has 0 saturated carbocycles. The van der Waals surface area contributed by atoms with Gasteiger partial charge >= 0.3 is 0 Å². The highest BCUT2D eigenvalue weighted by Gasteiger charge is 2.03. The van der Waals surface area contributed by atoms with Crippen LogP contribution in [0.3, 0.4) is 0 Å². The minimum Gasteiger partial charge on any atom is -0.399 e. The van der Waals surface area contributed by atoms with Crippen LogP contribution in [0.15, 0.2) is 24.3 Å². The van der Waals surface area contributed by atoms with Crippen LogP contribution in [0, 0.1) is 24.7 Å². The fraction of sp³-hybridized carbons (Fsp3) is 0.167. The number of hydrogen-bond acceptors (Lipinski definition) is 4. The molecular weight excluding hydrogens is 200 g/mol. The second-order valence-electron chi connectivity index (χ2n) is 3.01. The van der Waals surface area contributed by atoms with Crippen LogP contribution >= 0.6 is 0 Å². The summed E-state index contributed by atoms with van der Waals surface area (Å²) >= 11 is 0. The maximum Gasteiger partial charge on any atom is 0.0774 e. The third-order valence-electron chi connectivity index (χ3n) is 1.81. The van der Waals surface area contributed by atoms with Crippen LogP contribution in [0.2, 0.25) is 0 Å². The van der Waals surface area contributed by atoms with Crippen LogP contribution in [-0.4, -0.2) is 13.1 Å². The summed E-state index contributed by atoms with van der Waals surface area (Å²) in [4.78, 5) is 0. The van der Waals surface area contributed by atoms with Crippen molar-refractivity contribution >= 4 is 11.4 Å². The largest absolute Gasteiger partial charge is 0.399 e. The molecule has 1 aromatic carbocycles. The first-order valence-corrected chi connectivity index (χ1v) is 4.77. The molecule has 82 valence electrons. The predicted molar refractivity (Wildman–Crippen MR) is 67.0 cm³/mol. The van der Waals surface area contributed by atoms with Gasteiger partial charge in [-0.2, -0.15) is 0 Å². The van der Waals surface area contributed by atoms with Crippen molar-refractivity contribution in [1.29, 1.82) is 0 Å². The summed E-state index contributed by atoms with van der Waals surface area (Å²) in [6.45, 7) is 0.790. The van der Waals surface area contributed by atoms with Crippen LogP contribution in [0.25, 0.3) is 0 Å². The Kier molecular flexibility index (Phi) is 4.75. The molecule has 0 saturated heterocycles. The molecule has 0 aliphatic rings. The lowest BCUT2D eigenvalue weighted by atomic mass is 10.3. The average Bonchev–Trinajstić information content (AvgIpc) is 2.29. The maximum absolute atomic E-state index is 5.69. The van der Waals surface area contributed by atoms with Gasteiger partial charge in [0, 0.05) is 5.69 Å². The zero-order valence-electron chi connectivity index (χ0n) is 8.90. The summed E-state index contributed by atoms with van der Waals surface area (Å²) in [5.74, 6) is 4.97. The van der Waals surface area contributed by atoms with E-state index in [1.165, 1.54) is 0 Å². The third kappa shape index (κ3) is 3.55. The Labute approximate surface area is 95.8 Å². The van der Waals surface area contributed by atoms with Crippen molar-refractivity contribution in [3.63, 3.8) is 0 Å². The Hall–Kier alpha value is -2.14. The summed E-state index contributed by atoms with van der Waals surface area (Å²) in [6.07, 6.45) is 10.4. The van der Waals surface area contributed by atoms with E-state index in [9.17, 15) is 0 Å². The minimum atomic E-state index is 0.395. The van der Waals surface area contributed by atoms with E-state index in [2.05, 4.69) is 22.7 Å². The van der Waals surface area contributed by atoms with Crippen LogP contribution in [0.1, 0.15) is 0 Å². The fourth-order valence-electron chi connectivity index (χ4n) is 1.15. The number of hydrazine groups is 2. The predicted octanol–water partition coefficient (Wildman–Crippen LogP) is 0.351. The molecule has 0 amide bonds. The van der Waals surface area contributed by atoms with Crippen molar-refractivity contribution in [3.05, 3.63) is 24.3 Å². The summed E-state index contributed by atoms with van der Waals surface area (Å²) in [5, 5.41) is 1.66. The Balaban J connectivity index is 2.75. The van der Waals surface area contributed by atoms with Crippen molar-refractivity contribution in [2.75, 3.05) is 23.9 Å². The van der Waals surface area contributed by atoms with Gasteiger partial charge in [0.2, 0.25) is 0 Å². The molecule has 4 heteroatoms. The first kappa shape index (κ1) is 11.9. The molecule has 0 atom stereocenters. The van der Waals surface area contributed by atoms with E-state index in [-0.39, 0.29) is 0 Å². The number of rotatable bonds is 5. The highest BCUT2D eigenvalue weighted by Crippen LogP contribution is 2.13. The standard InChI is InChI=1S/C12H14N4/c1-3-8-14-16(15-9-4-2)12-7-5-6-11(13)10-12/h1-2,5-7,10,14-15H,8-9,13H2. The first-order chi connectivity index (χ1) is 7.77. The molecule has 1 aromatic rings. The van der Waals surface area contributed by atoms with Crippen molar-refractivity contribution in [3.8, 4) is 24.7 Å². The zero-order valence-corrected chi connectivity index (χ0v) is 8.90. The van der Waals surface area contributed by atoms with E-state index in [4.69, 9.17) is 18.6 Å². The van der Waals surface area contributed by atoms with Gasteiger partial charge in [0.05, 0.1) is 18.8 Å². The number of benzene rings is 1. The molecule has 0 aliphatic heterocycles. The van der Waals surface area contributed by atoms with Gasteiger partial charge < -0.3 is 5.73 Å². The van der Waals surface area contributed by atoms with E-state index < -0.39 is 0 Å². The van der Waals surface area contributed by atoms with Crippen molar-refractivity contribution in [1.82, 2.24) is 10.9 Å². The normalized spacial score (nSPS) is 9.12. The molecule has 0 fully saturated rings. The fourth-order valence-corrected chi connectivity index (χ4v) is 1.15. The van der Waals surface area contributed by atoms with E-state index in [1.54, 1.807) is 5.12 Å². The first-order valence-electron chi connectivity index (χ1n) is 4.77. The Morgan fingerprint density at radius 1 is 1.19 bits per heavy atom. The number of anilines is 2. The minimum absolute atomic E-state index is 0.395. The van der Waals surface area contributed by atoms with Gasteiger partial charge in [-0.3, -0.25) is 0 Å². The molecule has 4 N–H and O–H groups in total. The van der Waals surface area contributed by atoms with Gasteiger partial charge in [0.1, 0.15) is 0 Å². The molecule has 0 spiro atoms. The number of nitrogen functional groups attached to an aromatic ring is 1. The SMILES string of the molecule is C#CCNN(NCC#C)c1cccc(N)c1. The van der Waals surface area contributed by atoms with Crippen LogP contribution < -0.4 is 21.7 Å². The molecule has 0 heterocycles. The van der Waals surface area contributed by atoms with Gasteiger partial charge in [0.25, 0.3) is 0 Å². The number of nitrogens with zero attached hydrogens (tertiary/aromatic N) is 1. The van der Waals surface area contributed by atoms with E-state index >= 15 is 0 Å². The number of hydrogen-bond donors (Lipinski definition) is 3. The topological polar surface area (TPSA) is 53.3 Å². The summed E-state index contributed by atoms with van der Waals surface area (Å²) in [6, 6.07) is 7.37. The second-order valence-corrected chi connectivity index (χ2v) is 3.01. The van der Waals surface area contributed by atoms with Gasteiger partial charge in [-0.05, 0) is 18.2 Å². The zero-order chi connectivity index (χ0) is 11.8. The molecule has 0 aliphatic carbocycles. The Bertz CT molecular complexity index is 396. The Morgan fingerprint density at radius 2 is 1.81 bits per heavy atom. The molecule has 0 radical (unpaired) electrons. The Morgan fingerprint density at radius 3 is 2.31 bits per heavy atom. The summed E-state index contributed by atoms with van der Waals surface area (Å²) < 4.78 is 0. The van der Waals surface area contributed by atoms with Crippen molar-refractivity contribution in [2.45, 2.75) is 0 Å². The lowest BCUT2D eigenvalue weighted by molar-refractivity contribution is 0.583. The highest BCUT2D eigenvalue weighted by atomic mass is 15.7. The van der Waals surface area contributed by atoms with Crippen LogP contribution in [-0.2, 0) is 0 Å². The molecule has 16 heavy (non-hydrogen) atoms. The van der Waals surface area contributed by atoms with E-state index in [1.807, 2.05) is 24.3 Å². The molecule has 4 nitrogen and oxygen atoms in total. The number of nitrogens with one attached hydrogen (secondary N) is 2. The smallest absolute Gasteiger partial charge is 0.0774 e. The van der Waals surface area contributed by atoms with Crippen molar-refractivity contribution in [2.24, 2.45) is 0 Å². The summed E-state index contributed by atoms with van der Waals surface area (Å²) in [5.41, 5.74) is 13.2. The average molecular weight is 214 g/mol. The van der Waals surface area contributed by atoms with Crippen molar-refractivity contribution < 1.29 is 0 Å². The van der Waals surface area contributed by atoms with Gasteiger partial charge in [-0.25, -0.2) is 16.0 Å². The molecule has 0 bridgehead atoms. The van der Waals surface area contributed by atoms with Crippen LogP contribution in [0.4, 0.5) is 11.4 Å². The molecule has 1 rings (SSSR count). The highest BCUT2D eigenvalue weighted by molar-refractivity contribution is 5.54. The second kappa shape index (κ2) is 6.36. The lowest BCUT2D eigenvalue weighted by Crippen LogP contribution is -2.48. The van der Waals surface area contributed by atoms with Crippen LogP contribution in [0.5, 0.6) is 0 Å².